The summed E-state index contributed by atoms with van der Waals surface area (Å²) in [5, 5.41) is 7.66. The predicted octanol–water partition coefficient (Wildman–Crippen LogP) is 1.46. The molecule has 4 nitrogen and oxygen atoms in total. The quantitative estimate of drug-likeness (QED) is 0.886. The highest BCUT2D eigenvalue weighted by Crippen LogP contribution is 2.21. The van der Waals surface area contributed by atoms with Crippen molar-refractivity contribution in [1.29, 1.82) is 0 Å². The van der Waals surface area contributed by atoms with E-state index in [9.17, 15) is 0 Å². The van der Waals surface area contributed by atoms with Gasteiger partial charge in [0, 0.05) is 13.1 Å². The van der Waals surface area contributed by atoms with Crippen molar-refractivity contribution in [3.8, 4) is 0 Å². The first kappa shape index (κ1) is 11.4. The van der Waals surface area contributed by atoms with Gasteiger partial charge in [-0.25, -0.2) is 4.98 Å². The largest absolute Gasteiger partial charge is 0.307 e. The minimum absolute atomic E-state index is 0.552. The highest BCUT2D eigenvalue weighted by atomic mass is 15.3. The molecule has 1 N–H and O–H groups in total. The lowest BCUT2D eigenvalue weighted by Gasteiger charge is -2.25. The molecule has 0 saturated carbocycles. The third kappa shape index (κ3) is 2.29. The third-order valence-corrected chi connectivity index (χ3v) is 3.70. The van der Waals surface area contributed by atoms with Crippen molar-refractivity contribution in [1.82, 2.24) is 20.1 Å². The number of benzene rings is 1. The van der Waals surface area contributed by atoms with Crippen LogP contribution >= 0.6 is 0 Å². The van der Waals surface area contributed by atoms with Crippen molar-refractivity contribution < 1.29 is 0 Å². The van der Waals surface area contributed by atoms with Crippen molar-refractivity contribution in [3.63, 3.8) is 0 Å². The first-order valence-electron chi connectivity index (χ1n) is 6.46. The molecule has 18 heavy (non-hydrogen) atoms. The number of nitrogens with one attached hydrogen (secondary N) is 1. The Bertz CT molecular complexity index is 532. The molecule has 0 bridgehead atoms. The van der Waals surface area contributed by atoms with E-state index in [1.165, 1.54) is 24.0 Å². The van der Waals surface area contributed by atoms with Crippen molar-refractivity contribution in [2.24, 2.45) is 7.05 Å². The summed E-state index contributed by atoms with van der Waals surface area (Å²) in [6.07, 6.45) is 5.10. The number of rotatable bonds is 3. The second-order valence-corrected chi connectivity index (χ2v) is 4.89. The Morgan fingerprint density at radius 2 is 2.17 bits per heavy atom. The third-order valence-electron chi connectivity index (χ3n) is 3.70. The summed E-state index contributed by atoms with van der Waals surface area (Å²) < 4.78 is 1.82. The van der Waals surface area contributed by atoms with Crippen molar-refractivity contribution in [3.05, 3.63) is 47.5 Å². The highest BCUT2D eigenvalue weighted by molar-refractivity contribution is 5.30. The van der Waals surface area contributed by atoms with E-state index >= 15 is 0 Å². The maximum absolute atomic E-state index is 4.23. The number of nitrogens with zero attached hydrogens (tertiary/aromatic N) is 3. The van der Waals surface area contributed by atoms with E-state index in [4.69, 9.17) is 0 Å². The lowest BCUT2D eigenvalue weighted by Crippen LogP contribution is -2.34. The SMILES string of the molecule is Cn1ncnc1CNC1CCc2ccccc2C1. The van der Waals surface area contributed by atoms with Crippen LogP contribution in [0.1, 0.15) is 23.4 Å². The zero-order valence-corrected chi connectivity index (χ0v) is 10.6. The van der Waals surface area contributed by atoms with Crippen LogP contribution in [0.2, 0.25) is 0 Å². The molecule has 3 rings (SSSR count). The maximum atomic E-state index is 4.23. The molecule has 94 valence electrons. The van der Waals surface area contributed by atoms with E-state index in [-0.39, 0.29) is 0 Å². The Morgan fingerprint density at radius 1 is 1.33 bits per heavy atom. The molecular formula is C14H18N4. The maximum Gasteiger partial charge on any atom is 0.140 e. The molecule has 0 radical (unpaired) electrons. The molecule has 0 aliphatic heterocycles. The van der Waals surface area contributed by atoms with Crippen LogP contribution in [0.5, 0.6) is 0 Å². The zero-order chi connectivity index (χ0) is 12.4. The predicted molar refractivity (Wildman–Crippen MR) is 70.1 cm³/mol. The van der Waals surface area contributed by atoms with Crippen LogP contribution < -0.4 is 5.32 Å². The first-order chi connectivity index (χ1) is 8.83. The Balaban J connectivity index is 1.61. The van der Waals surface area contributed by atoms with Gasteiger partial charge in [0.05, 0.1) is 6.54 Å². The second kappa shape index (κ2) is 4.90. The van der Waals surface area contributed by atoms with E-state index in [0.29, 0.717) is 6.04 Å². The lowest BCUT2D eigenvalue weighted by molar-refractivity contribution is 0.445. The van der Waals surface area contributed by atoms with Crippen LogP contribution in [0.4, 0.5) is 0 Å². The average molecular weight is 242 g/mol. The molecule has 1 atom stereocenters. The Morgan fingerprint density at radius 3 is 2.94 bits per heavy atom. The normalized spacial score (nSPS) is 18.6. The summed E-state index contributed by atoms with van der Waals surface area (Å²) in [4.78, 5) is 4.23. The Labute approximate surface area is 107 Å². The Hall–Kier alpha value is -1.68. The van der Waals surface area contributed by atoms with E-state index < -0.39 is 0 Å². The van der Waals surface area contributed by atoms with E-state index in [0.717, 1.165) is 18.8 Å². The van der Waals surface area contributed by atoms with Gasteiger partial charge in [0.25, 0.3) is 0 Å². The molecule has 1 unspecified atom stereocenters. The summed E-state index contributed by atoms with van der Waals surface area (Å²) in [6, 6.07) is 9.30. The van der Waals surface area contributed by atoms with Gasteiger partial charge in [0.1, 0.15) is 12.2 Å². The van der Waals surface area contributed by atoms with Crippen LogP contribution in [0, 0.1) is 0 Å². The fourth-order valence-corrected chi connectivity index (χ4v) is 2.59. The van der Waals surface area contributed by atoms with Crippen molar-refractivity contribution >= 4 is 0 Å². The van der Waals surface area contributed by atoms with Gasteiger partial charge >= 0.3 is 0 Å². The van der Waals surface area contributed by atoms with Crippen LogP contribution in [0.25, 0.3) is 0 Å². The molecule has 0 spiro atoms. The molecule has 0 amide bonds. The monoisotopic (exact) mass is 242 g/mol. The Kier molecular flexibility index (Phi) is 3.11. The highest BCUT2D eigenvalue weighted by Gasteiger charge is 2.17. The zero-order valence-electron chi connectivity index (χ0n) is 10.6. The van der Waals surface area contributed by atoms with Gasteiger partial charge in [0.2, 0.25) is 0 Å². The van der Waals surface area contributed by atoms with Gasteiger partial charge in [0.15, 0.2) is 0 Å². The van der Waals surface area contributed by atoms with Gasteiger partial charge in [-0.2, -0.15) is 5.10 Å². The fourth-order valence-electron chi connectivity index (χ4n) is 2.59. The molecule has 1 heterocycles. The molecule has 4 heteroatoms. The molecule has 1 aromatic heterocycles. The molecule has 1 aliphatic carbocycles. The van der Waals surface area contributed by atoms with Gasteiger partial charge in [-0.1, -0.05) is 24.3 Å². The summed E-state index contributed by atoms with van der Waals surface area (Å²) in [7, 11) is 1.93. The average Bonchev–Trinajstić information content (AvgIpc) is 2.82. The van der Waals surface area contributed by atoms with Gasteiger partial charge in [-0.3, -0.25) is 4.68 Å². The number of fused-ring (bicyclic) bond motifs is 1. The van der Waals surface area contributed by atoms with Crippen LogP contribution in [0.15, 0.2) is 30.6 Å². The van der Waals surface area contributed by atoms with Crippen LogP contribution in [-0.4, -0.2) is 20.8 Å². The van der Waals surface area contributed by atoms with Crippen LogP contribution in [0.3, 0.4) is 0 Å². The fraction of sp³-hybridized carbons (Fsp3) is 0.429. The summed E-state index contributed by atoms with van der Waals surface area (Å²) in [5.41, 5.74) is 2.99. The minimum atomic E-state index is 0.552. The van der Waals surface area contributed by atoms with Crippen molar-refractivity contribution in [2.75, 3.05) is 0 Å². The minimum Gasteiger partial charge on any atom is -0.307 e. The lowest BCUT2D eigenvalue weighted by atomic mass is 9.88. The molecule has 2 aromatic rings. The molecule has 1 aliphatic rings. The number of aryl methyl sites for hydroxylation is 2. The summed E-state index contributed by atoms with van der Waals surface area (Å²) >= 11 is 0. The van der Waals surface area contributed by atoms with E-state index in [1.54, 1.807) is 6.33 Å². The van der Waals surface area contributed by atoms with Gasteiger partial charge in [-0.05, 0) is 30.4 Å². The summed E-state index contributed by atoms with van der Waals surface area (Å²) in [6.45, 7) is 0.795. The molecule has 0 saturated heterocycles. The van der Waals surface area contributed by atoms with E-state index in [2.05, 4.69) is 39.7 Å². The molecular weight excluding hydrogens is 224 g/mol. The standard InChI is InChI=1S/C14H18N4/c1-18-14(16-10-17-18)9-15-13-7-6-11-4-2-3-5-12(11)8-13/h2-5,10,13,15H,6-9H2,1H3. The molecule has 1 aromatic carbocycles. The van der Waals surface area contributed by atoms with Crippen molar-refractivity contribution in [2.45, 2.75) is 31.8 Å². The topological polar surface area (TPSA) is 42.7 Å². The second-order valence-electron chi connectivity index (χ2n) is 4.89. The smallest absolute Gasteiger partial charge is 0.140 e. The first-order valence-corrected chi connectivity index (χ1v) is 6.46. The van der Waals surface area contributed by atoms with Gasteiger partial charge in [-0.15, -0.1) is 0 Å². The summed E-state index contributed by atoms with van der Waals surface area (Å²) in [5.74, 6) is 0.994. The molecule has 0 fully saturated rings. The van der Waals surface area contributed by atoms with E-state index in [1.807, 2.05) is 11.7 Å². The number of hydrogen-bond donors (Lipinski definition) is 1. The van der Waals surface area contributed by atoms with Crippen LogP contribution in [-0.2, 0) is 26.4 Å². The number of aromatic nitrogens is 3. The van der Waals surface area contributed by atoms with Gasteiger partial charge < -0.3 is 5.32 Å². The number of hydrogen-bond acceptors (Lipinski definition) is 3.